The number of rotatable bonds is 4. The topological polar surface area (TPSA) is 104 Å². The molecule has 122 valence electrons. The van der Waals surface area contributed by atoms with Gasteiger partial charge >= 0.3 is 5.97 Å². The molecular formula is C17H13NO5S. The standard InChI is InChI=1S/C17H13NO5S/c19-16-9-8-12(10-14(16)17(20)21)24(22,23)18-15-7-3-5-11-4-1-2-6-13(11)15/h1-10,18-19H,(H,20,21). The highest BCUT2D eigenvalue weighted by Gasteiger charge is 2.19. The van der Waals surface area contributed by atoms with Crippen LogP contribution in [0.1, 0.15) is 10.4 Å². The van der Waals surface area contributed by atoms with Crippen LogP contribution in [0.15, 0.2) is 65.6 Å². The van der Waals surface area contributed by atoms with Crippen molar-refractivity contribution in [1.29, 1.82) is 0 Å². The average Bonchev–Trinajstić information content (AvgIpc) is 2.55. The van der Waals surface area contributed by atoms with E-state index in [9.17, 15) is 18.3 Å². The Kier molecular flexibility index (Phi) is 3.86. The molecule has 0 saturated carbocycles. The third-order valence-corrected chi connectivity index (χ3v) is 4.91. The molecule has 0 radical (unpaired) electrons. The number of carboxylic acid groups (broad SMARTS) is 1. The van der Waals surface area contributed by atoms with Crippen LogP contribution in [0.2, 0.25) is 0 Å². The normalized spacial score (nSPS) is 11.3. The third kappa shape index (κ3) is 2.89. The lowest BCUT2D eigenvalue weighted by Crippen LogP contribution is -2.14. The van der Waals surface area contributed by atoms with Crippen LogP contribution in [0.5, 0.6) is 5.75 Å². The minimum atomic E-state index is -4.00. The largest absolute Gasteiger partial charge is 0.507 e. The first-order valence-electron chi connectivity index (χ1n) is 6.95. The Labute approximate surface area is 138 Å². The molecule has 0 aromatic heterocycles. The van der Waals surface area contributed by atoms with Gasteiger partial charge in [0.15, 0.2) is 0 Å². The summed E-state index contributed by atoms with van der Waals surface area (Å²) in [6.45, 7) is 0. The second-order valence-electron chi connectivity index (χ2n) is 5.12. The summed E-state index contributed by atoms with van der Waals surface area (Å²) in [6.07, 6.45) is 0. The van der Waals surface area contributed by atoms with Gasteiger partial charge in [-0.2, -0.15) is 0 Å². The van der Waals surface area contributed by atoms with E-state index in [0.717, 1.165) is 29.0 Å². The molecule has 0 unspecified atom stereocenters. The average molecular weight is 343 g/mol. The fraction of sp³-hybridized carbons (Fsp3) is 0. The Morgan fingerprint density at radius 1 is 0.958 bits per heavy atom. The fourth-order valence-electron chi connectivity index (χ4n) is 2.37. The van der Waals surface area contributed by atoms with Gasteiger partial charge in [0.25, 0.3) is 10.0 Å². The van der Waals surface area contributed by atoms with Crippen molar-refractivity contribution in [3.05, 3.63) is 66.2 Å². The molecule has 0 heterocycles. The molecule has 3 aromatic carbocycles. The van der Waals surface area contributed by atoms with Gasteiger partial charge in [-0.25, -0.2) is 13.2 Å². The highest BCUT2D eigenvalue weighted by molar-refractivity contribution is 7.92. The lowest BCUT2D eigenvalue weighted by molar-refractivity contribution is 0.0693. The summed E-state index contributed by atoms with van der Waals surface area (Å²) in [4.78, 5) is 10.8. The maximum atomic E-state index is 12.5. The van der Waals surface area contributed by atoms with Gasteiger partial charge in [-0.05, 0) is 29.7 Å². The number of nitrogens with one attached hydrogen (secondary N) is 1. The van der Waals surface area contributed by atoms with Crippen molar-refractivity contribution in [3.8, 4) is 5.75 Å². The van der Waals surface area contributed by atoms with Crippen LogP contribution >= 0.6 is 0 Å². The number of aromatic carboxylic acids is 1. The molecule has 7 heteroatoms. The van der Waals surface area contributed by atoms with Crippen LogP contribution < -0.4 is 4.72 Å². The van der Waals surface area contributed by atoms with E-state index < -0.39 is 27.3 Å². The molecule has 0 aliphatic rings. The van der Waals surface area contributed by atoms with Crippen molar-refractivity contribution in [3.63, 3.8) is 0 Å². The number of hydrogen-bond acceptors (Lipinski definition) is 4. The van der Waals surface area contributed by atoms with E-state index in [4.69, 9.17) is 5.11 Å². The predicted octanol–water partition coefficient (Wildman–Crippen LogP) is 3.04. The van der Waals surface area contributed by atoms with Crippen LogP contribution in [-0.2, 0) is 10.0 Å². The fourth-order valence-corrected chi connectivity index (χ4v) is 3.48. The second kappa shape index (κ2) is 5.86. The van der Waals surface area contributed by atoms with Crippen molar-refractivity contribution < 1.29 is 23.4 Å². The van der Waals surface area contributed by atoms with E-state index in [0.29, 0.717) is 5.69 Å². The van der Waals surface area contributed by atoms with Gasteiger partial charge in [-0.1, -0.05) is 36.4 Å². The van der Waals surface area contributed by atoms with Gasteiger partial charge in [0, 0.05) is 5.39 Å². The summed E-state index contributed by atoms with van der Waals surface area (Å²) in [5.41, 5.74) is -0.0890. The highest BCUT2D eigenvalue weighted by Crippen LogP contribution is 2.27. The van der Waals surface area contributed by atoms with E-state index >= 15 is 0 Å². The van der Waals surface area contributed by atoms with Gasteiger partial charge in [-0.15, -0.1) is 0 Å². The number of aromatic hydroxyl groups is 1. The first-order valence-corrected chi connectivity index (χ1v) is 8.44. The van der Waals surface area contributed by atoms with Crippen LogP contribution in [0, 0.1) is 0 Å². The van der Waals surface area contributed by atoms with Crippen molar-refractivity contribution in [2.24, 2.45) is 0 Å². The van der Waals surface area contributed by atoms with Crippen LogP contribution in [0.4, 0.5) is 5.69 Å². The molecular weight excluding hydrogens is 330 g/mol. The SMILES string of the molecule is O=C(O)c1cc(S(=O)(=O)Nc2cccc3ccccc23)ccc1O. The third-order valence-electron chi connectivity index (χ3n) is 3.54. The minimum absolute atomic E-state index is 0.245. The molecule has 3 N–H and O–H groups in total. The molecule has 0 amide bonds. The van der Waals surface area contributed by atoms with Crippen LogP contribution in [0.25, 0.3) is 10.8 Å². The molecule has 0 fully saturated rings. The van der Waals surface area contributed by atoms with E-state index in [-0.39, 0.29) is 4.90 Å². The molecule has 0 aliphatic heterocycles. The van der Waals surface area contributed by atoms with E-state index in [1.165, 1.54) is 0 Å². The van der Waals surface area contributed by atoms with E-state index in [1.807, 2.05) is 18.2 Å². The Morgan fingerprint density at radius 3 is 2.42 bits per heavy atom. The molecule has 24 heavy (non-hydrogen) atoms. The number of sulfonamides is 1. The van der Waals surface area contributed by atoms with Crippen LogP contribution in [0.3, 0.4) is 0 Å². The van der Waals surface area contributed by atoms with Gasteiger partial charge in [0.05, 0.1) is 10.6 Å². The molecule has 0 atom stereocenters. The Morgan fingerprint density at radius 2 is 1.67 bits per heavy atom. The zero-order valence-corrected chi connectivity index (χ0v) is 13.1. The van der Waals surface area contributed by atoms with Gasteiger partial charge in [0.2, 0.25) is 0 Å². The van der Waals surface area contributed by atoms with Gasteiger partial charge in [0.1, 0.15) is 11.3 Å². The number of carboxylic acids is 1. The maximum Gasteiger partial charge on any atom is 0.339 e. The van der Waals surface area contributed by atoms with Crippen molar-refractivity contribution in [1.82, 2.24) is 0 Å². The van der Waals surface area contributed by atoms with Crippen molar-refractivity contribution >= 4 is 32.5 Å². The number of phenols is 1. The number of benzene rings is 3. The molecule has 0 spiro atoms. The summed E-state index contributed by atoms with van der Waals surface area (Å²) < 4.78 is 27.6. The minimum Gasteiger partial charge on any atom is -0.507 e. The summed E-state index contributed by atoms with van der Waals surface area (Å²) >= 11 is 0. The maximum absolute atomic E-state index is 12.5. The van der Waals surface area contributed by atoms with E-state index in [1.54, 1.807) is 24.3 Å². The van der Waals surface area contributed by atoms with Crippen molar-refractivity contribution in [2.45, 2.75) is 4.90 Å². The smallest absolute Gasteiger partial charge is 0.339 e. The quantitative estimate of drug-likeness (QED) is 0.675. The lowest BCUT2D eigenvalue weighted by atomic mass is 10.1. The summed E-state index contributed by atoms with van der Waals surface area (Å²) in [7, 11) is -4.00. The summed E-state index contributed by atoms with van der Waals surface area (Å²) in [5, 5.41) is 20.1. The van der Waals surface area contributed by atoms with E-state index in [2.05, 4.69) is 4.72 Å². The molecule has 0 saturated heterocycles. The molecule has 3 rings (SSSR count). The Balaban J connectivity index is 2.05. The first-order chi connectivity index (χ1) is 11.4. The summed E-state index contributed by atoms with van der Waals surface area (Å²) in [6, 6.07) is 15.6. The highest BCUT2D eigenvalue weighted by atomic mass is 32.2. The molecule has 0 aliphatic carbocycles. The number of carbonyl (C=O) groups is 1. The molecule has 0 bridgehead atoms. The monoisotopic (exact) mass is 343 g/mol. The number of hydrogen-bond donors (Lipinski definition) is 3. The predicted molar refractivity (Wildman–Crippen MR) is 89.8 cm³/mol. The van der Waals surface area contributed by atoms with Gasteiger partial charge in [-0.3, -0.25) is 4.72 Å². The number of anilines is 1. The van der Waals surface area contributed by atoms with Crippen LogP contribution in [-0.4, -0.2) is 24.6 Å². The lowest BCUT2D eigenvalue weighted by Gasteiger charge is -2.11. The Hall–Kier alpha value is -3.06. The van der Waals surface area contributed by atoms with Gasteiger partial charge < -0.3 is 10.2 Å². The zero-order valence-electron chi connectivity index (χ0n) is 12.3. The zero-order chi connectivity index (χ0) is 17.3. The molecule has 6 nitrogen and oxygen atoms in total. The molecule has 3 aromatic rings. The Bertz CT molecular complexity index is 1040. The first kappa shape index (κ1) is 15.8. The number of fused-ring (bicyclic) bond motifs is 1. The summed E-state index contributed by atoms with van der Waals surface area (Å²) in [5.74, 6) is -1.90. The van der Waals surface area contributed by atoms with Crippen molar-refractivity contribution in [2.75, 3.05) is 4.72 Å². The second-order valence-corrected chi connectivity index (χ2v) is 6.80.